The van der Waals surface area contributed by atoms with Gasteiger partial charge in [-0.25, -0.2) is 0 Å². The van der Waals surface area contributed by atoms with Crippen LogP contribution in [0, 0.1) is 0 Å². The van der Waals surface area contributed by atoms with Gasteiger partial charge in [0.25, 0.3) is 0 Å². The smallest absolute Gasteiger partial charge is 0.680 e. The van der Waals surface area contributed by atoms with Gasteiger partial charge in [0.2, 0.25) is 0 Å². The zero-order chi connectivity index (χ0) is 17.7. The Bertz CT molecular complexity index is 248. The standard InChI is InChI=1S/C9H30N4Si3.C3H10NSi.Na/c1-14(2,3)10-13(11-15(4,5)6)12-16(7,8)9;1-5(2,3)4;/h10-12H,1-9H3;4H,1-3H3;/q;-1;+1. The molecule has 0 aromatic carbocycles. The van der Waals surface area contributed by atoms with Crippen LogP contribution in [-0.2, 0) is 0 Å². The Balaban J connectivity index is -0.000000520. The van der Waals surface area contributed by atoms with E-state index >= 15 is 0 Å². The van der Waals surface area contributed by atoms with Crippen LogP contribution in [0.15, 0.2) is 0 Å². The molecule has 0 bridgehead atoms. The van der Waals surface area contributed by atoms with E-state index in [-0.39, 0.29) is 29.6 Å². The van der Waals surface area contributed by atoms with Crippen molar-refractivity contribution in [2.24, 2.45) is 0 Å². The minimum absolute atomic E-state index is 0. The van der Waals surface area contributed by atoms with E-state index in [1.54, 1.807) is 0 Å². The summed E-state index contributed by atoms with van der Waals surface area (Å²) in [4.78, 5) is 0. The van der Waals surface area contributed by atoms with Crippen molar-refractivity contribution < 1.29 is 29.6 Å². The third-order valence-electron chi connectivity index (χ3n) is 1.34. The van der Waals surface area contributed by atoms with Crippen molar-refractivity contribution >= 4 is 32.9 Å². The predicted octanol–water partition coefficient (Wildman–Crippen LogP) is 1.18. The molecule has 0 radical (unpaired) electrons. The molecular formula is C12H40N5NaSi4. The maximum Gasteiger partial charge on any atom is 1.00 e. The Morgan fingerprint density at radius 1 is 0.545 bits per heavy atom. The summed E-state index contributed by atoms with van der Waals surface area (Å²) in [6.07, 6.45) is 0. The van der Waals surface area contributed by atoms with Gasteiger partial charge in [0.05, 0.1) is 0 Å². The summed E-state index contributed by atoms with van der Waals surface area (Å²) in [7, 11) is -5.33. The second-order valence-electron chi connectivity index (χ2n) is 9.67. The normalized spacial score (nSPS) is 13.4. The SMILES string of the molecule is C[Si](C)(C)NN(N[Si](C)(C)C)N[Si](C)(C)C.C[Si](C)(C)[NH-].[Na+]. The molecule has 0 rings (SSSR count). The second-order valence-corrected chi connectivity index (χ2v) is 28.3. The molecule has 0 spiro atoms. The van der Waals surface area contributed by atoms with Gasteiger partial charge in [-0.3, -0.25) is 15.3 Å². The van der Waals surface area contributed by atoms with E-state index in [4.69, 9.17) is 5.40 Å². The number of nitrogens with zero attached hydrogens (tertiary/aromatic N) is 1. The van der Waals surface area contributed by atoms with Gasteiger partial charge in [-0.1, -0.05) is 86.8 Å². The van der Waals surface area contributed by atoms with Crippen molar-refractivity contribution in [3.63, 3.8) is 0 Å². The minimum Gasteiger partial charge on any atom is -0.680 e. The van der Waals surface area contributed by atoms with Gasteiger partial charge in [0.15, 0.2) is 0 Å². The molecule has 4 N–H and O–H groups in total. The van der Waals surface area contributed by atoms with Crippen LogP contribution >= 0.6 is 0 Å². The number of hydrogen-bond acceptors (Lipinski definition) is 4. The number of hydrazine groups is 3. The fourth-order valence-electron chi connectivity index (χ4n) is 1.09. The van der Waals surface area contributed by atoms with Gasteiger partial charge in [-0.15, -0.1) is 5.23 Å². The molecule has 0 aromatic rings. The average Bonchev–Trinajstić information content (AvgIpc) is 1.86. The molecule has 22 heavy (non-hydrogen) atoms. The van der Waals surface area contributed by atoms with Gasteiger partial charge in [0.1, 0.15) is 24.7 Å². The van der Waals surface area contributed by atoms with Crippen molar-refractivity contribution in [2.75, 3.05) is 0 Å². The topological polar surface area (TPSA) is 63.1 Å². The molecular weight excluding hydrogens is 350 g/mol. The molecule has 0 heterocycles. The van der Waals surface area contributed by atoms with E-state index in [9.17, 15) is 0 Å². The summed E-state index contributed by atoms with van der Waals surface area (Å²) in [6.45, 7) is 26.7. The summed E-state index contributed by atoms with van der Waals surface area (Å²) in [5, 5.41) is 19.9. The van der Waals surface area contributed by atoms with Crippen molar-refractivity contribution in [1.29, 1.82) is 0 Å². The van der Waals surface area contributed by atoms with Crippen LogP contribution in [0.25, 0.3) is 5.40 Å². The zero-order valence-electron chi connectivity index (χ0n) is 17.4. The molecule has 130 valence electrons. The molecule has 0 saturated carbocycles. The summed E-state index contributed by atoms with van der Waals surface area (Å²) in [5.41, 5.74) is 0. The van der Waals surface area contributed by atoms with E-state index in [0.717, 1.165) is 0 Å². The molecule has 0 aromatic heterocycles. The zero-order valence-corrected chi connectivity index (χ0v) is 23.4. The van der Waals surface area contributed by atoms with Gasteiger partial charge in [0, 0.05) is 0 Å². The molecule has 0 unspecified atom stereocenters. The number of rotatable bonds is 6. The maximum absolute atomic E-state index is 7.08. The largest absolute Gasteiger partial charge is 1.00 e. The Labute approximate surface area is 166 Å². The van der Waals surface area contributed by atoms with E-state index in [1.807, 2.05) is 19.6 Å². The monoisotopic (exact) mass is 389 g/mol. The molecule has 10 heteroatoms. The van der Waals surface area contributed by atoms with Crippen LogP contribution in [0.4, 0.5) is 0 Å². The van der Waals surface area contributed by atoms with Gasteiger partial charge >= 0.3 is 29.6 Å². The molecule has 0 aliphatic heterocycles. The first-order valence-corrected chi connectivity index (χ1v) is 21.7. The Kier molecular flexibility index (Phi) is 13.7. The molecule has 5 nitrogen and oxygen atoms in total. The molecule has 0 aliphatic rings. The Morgan fingerprint density at radius 2 is 0.682 bits per heavy atom. The van der Waals surface area contributed by atoms with Crippen LogP contribution in [0.1, 0.15) is 0 Å². The number of hydrogen-bond donors (Lipinski definition) is 3. The van der Waals surface area contributed by atoms with Crippen molar-refractivity contribution in [3.8, 4) is 0 Å². The van der Waals surface area contributed by atoms with E-state index in [2.05, 4.69) is 79.4 Å². The van der Waals surface area contributed by atoms with Crippen molar-refractivity contribution in [1.82, 2.24) is 20.5 Å². The van der Waals surface area contributed by atoms with Crippen LogP contribution in [0.3, 0.4) is 0 Å². The minimum atomic E-state index is -1.36. The third-order valence-corrected chi connectivity index (χ3v) is 4.02. The van der Waals surface area contributed by atoms with Crippen LogP contribution < -0.4 is 44.8 Å². The molecule has 0 atom stereocenters. The fourth-order valence-corrected chi connectivity index (χ4v) is 3.77. The molecule has 0 saturated heterocycles. The first-order chi connectivity index (χ1) is 8.79. The second kappa shape index (κ2) is 10.6. The Morgan fingerprint density at radius 3 is 0.773 bits per heavy atom. The summed E-state index contributed by atoms with van der Waals surface area (Å²) < 4.78 is 0. The van der Waals surface area contributed by atoms with Gasteiger partial charge in [-0.2, -0.15) is 0 Å². The van der Waals surface area contributed by atoms with Crippen LogP contribution in [0.2, 0.25) is 78.6 Å². The molecule has 0 amide bonds. The molecule has 0 fully saturated rings. The van der Waals surface area contributed by atoms with Gasteiger partial charge in [-0.05, 0) is 0 Å². The van der Waals surface area contributed by atoms with E-state index < -0.39 is 32.9 Å². The number of nitrogens with one attached hydrogen (secondary N) is 4. The van der Waals surface area contributed by atoms with Crippen LogP contribution in [-0.4, -0.2) is 38.2 Å². The van der Waals surface area contributed by atoms with Gasteiger partial charge < -0.3 is 5.40 Å². The summed E-state index contributed by atoms with van der Waals surface area (Å²) in [6, 6.07) is 0. The predicted molar refractivity (Wildman–Crippen MR) is 109 cm³/mol. The average molecular weight is 390 g/mol. The maximum atomic E-state index is 7.08. The van der Waals surface area contributed by atoms with Crippen molar-refractivity contribution in [2.45, 2.75) is 78.6 Å². The summed E-state index contributed by atoms with van der Waals surface area (Å²) in [5.74, 6) is 0. The quantitative estimate of drug-likeness (QED) is 0.471. The van der Waals surface area contributed by atoms with E-state index in [1.165, 1.54) is 0 Å². The fraction of sp³-hybridized carbons (Fsp3) is 1.00. The van der Waals surface area contributed by atoms with Crippen LogP contribution in [0.5, 0.6) is 0 Å². The Hall–Kier alpha value is 1.67. The molecule has 0 aliphatic carbocycles. The third kappa shape index (κ3) is 33.3. The van der Waals surface area contributed by atoms with E-state index in [0.29, 0.717) is 0 Å². The summed E-state index contributed by atoms with van der Waals surface area (Å²) >= 11 is 0. The van der Waals surface area contributed by atoms with Crippen molar-refractivity contribution in [3.05, 3.63) is 5.40 Å². The first kappa shape index (κ1) is 28.5. The first-order valence-electron chi connectivity index (χ1n) is 7.67.